The van der Waals surface area contributed by atoms with E-state index >= 15 is 0 Å². The first kappa shape index (κ1) is 29.6. The van der Waals surface area contributed by atoms with Crippen LogP contribution in [-0.4, -0.2) is 41.7 Å². The maximum Gasteiger partial charge on any atom is 0.335 e. The Kier molecular flexibility index (Phi) is 10.1. The molecule has 0 aliphatic rings. The molecule has 10 heteroatoms. The first-order chi connectivity index (χ1) is 20.3. The lowest BCUT2D eigenvalue weighted by Gasteiger charge is -2.12. The number of rotatable bonds is 11. The lowest BCUT2D eigenvalue weighted by molar-refractivity contribution is -0.114. The van der Waals surface area contributed by atoms with Crippen molar-refractivity contribution < 1.29 is 29.0 Å². The molecule has 0 aliphatic heterocycles. The predicted octanol–water partition coefficient (Wildman–Crippen LogP) is 5.53. The average molecular weight is 582 g/mol. The molecule has 4 aromatic carbocycles. The van der Waals surface area contributed by atoms with E-state index in [9.17, 15) is 19.2 Å². The molecule has 0 fully saturated rings. The number of anilines is 2. The van der Waals surface area contributed by atoms with Gasteiger partial charge in [-0.2, -0.15) is 0 Å². The van der Waals surface area contributed by atoms with Gasteiger partial charge in [0.15, 0.2) is 0 Å². The Morgan fingerprint density at radius 2 is 1.50 bits per heavy atom. The van der Waals surface area contributed by atoms with Gasteiger partial charge in [-0.05, 0) is 78.4 Å². The Labute approximate surface area is 246 Å². The number of aromatic carboxylic acids is 1. The van der Waals surface area contributed by atoms with Crippen LogP contribution in [-0.2, 0) is 9.59 Å². The van der Waals surface area contributed by atoms with Crippen molar-refractivity contribution in [2.75, 3.05) is 23.5 Å². The van der Waals surface area contributed by atoms with Gasteiger partial charge >= 0.3 is 5.97 Å². The van der Waals surface area contributed by atoms with Crippen LogP contribution in [0, 0.1) is 0 Å². The van der Waals surface area contributed by atoms with Gasteiger partial charge in [-0.3, -0.25) is 14.4 Å². The van der Waals surface area contributed by atoms with Gasteiger partial charge in [0.1, 0.15) is 11.4 Å². The molecule has 0 saturated carbocycles. The van der Waals surface area contributed by atoms with Crippen LogP contribution in [0.5, 0.6) is 5.75 Å². The van der Waals surface area contributed by atoms with Gasteiger partial charge in [0.2, 0.25) is 5.91 Å². The first-order valence-electron chi connectivity index (χ1n) is 12.7. The number of carbonyl (C=O) groups excluding carboxylic acids is 3. The van der Waals surface area contributed by atoms with Gasteiger partial charge in [0.05, 0.1) is 18.4 Å². The zero-order valence-corrected chi connectivity index (χ0v) is 23.3. The fourth-order valence-corrected chi connectivity index (χ4v) is 4.47. The normalized spacial score (nSPS) is 10.8. The summed E-state index contributed by atoms with van der Waals surface area (Å²) in [5.41, 5.74) is 2.22. The standard InChI is InChI=1S/C32H27N3O6S/c1-41-26-16-10-21(11-17-26)18-28(35-30(37)22-6-3-2-4-7-22)31(38)34-25-8-5-9-27(19-25)42-20-29(36)33-24-14-12-23(13-15-24)32(39)40/h2-19H,20H2,1H3,(H,33,36)(H,34,38)(H,35,37)(H,39,40)/b28-18+. The third-order valence-electron chi connectivity index (χ3n) is 5.83. The molecule has 0 aliphatic carbocycles. The van der Waals surface area contributed by atoms with E-state index in [1.807, 2.05) is 0 Å². The molecule has 9 nitrogen and oxygen atoms in total. The van der Waals surface area contributed by atoms with Gasteiger partial charge in [-0.25, -0.2) is 4.79 Å². The maximum atomic E-state index is 13.3. The zero-order valence-electron chi connectivity index (χ0n) is 22.5. The van der Waals surface area contributed by atoms with Crippen LogP contribution in [0.4, 0.5) is 11.4 Å². The molecule has 0 radical (unpaired) electrons. The van der Waals surface area contributed by atoms with Gasteiger partial charge in [0.25, 0.3) is 11.8 Å². The lowest BCUT2D eigenvalue weighted by atomic mass is 10.1. The minimum Gasteiger partial charge on any atom is -0.497 e. The highest BCUT2D eigenvalue weighted by atomic mass is 32.2. The topological polar surface area (TPSA) is 134 Å². The molecule has 0 bridgehead atoms. The van der Waals surface area contributed by atoms with Crippen LogP contribution < -0.4 is 20.7 Å². The second-order valence-electron chi connectivity index (χ2n) is 8.85. The van der Waals surface area contributed by atoms with Crippen LogP contribution in [0.25, 0.3) is 6.08 Å². The second-order valence-corrected chi connectivity index (χ2v) is 9.90. The summed E-state index contributed by atoms with van der Waals surface area (Å²) in [7, 11) is 1.56. The van der Waals surface area contributed by atoms with E-state index in [0.29, 0.717) is 28.3 Å². The number of hydrogen-bond acceptors (Lipinski definition) is 6. The fraction of sp³-hybridized carbons (Fsp3) is 0.0625. The number of methoxy groups -OCH3 is 1. The van der Waals surface area contributed by atoms with Crippen LogP contribution in [0.1, 0.15) is 26.3 Å². The summed E-state index contributed by atoms with van der Waals surface area (Å²) in [6, 6.07) is 28.5. The highest BCUT2D eigenvalue weighted by Gasteiger charge is 2.16. The fourth-order valence-electron chi connectivity index (χ4n) is 3.71. The highest BCUT2D eigenvalue weighted by Crippen LogP contribution is 2.23. The summed E-state index contributed by atoms with van der Waals surface area (Å²) in [4.78, 5) is 50.3. The van der Waals surface area contributed by atoms with Crippen LogP contribution in [0.2, 0.25) is 0 Å². The van der Waals surface area contributed by atoms with Crippen molar-refractivity contribution in [3.8, 4) is 5.75 Å². The first-order valence-corrected chi connectivity index (χ1v) is 13.7. The number of ether oxygens (including phenoxy) is 1. The molecule has 0 aromatic heterocycles. The molecule has 4 N–H and O–H groups in total. The molecular weight excluding hydrogens is 554 g/mol. The zero-order chi connectivity index (χ0) is 29.9. The molecule has 4 rings (SSSR count). The quantitative estimate of drug-likeness (QED) is 0.135. The number of carboxylic acids is 1. The van der Waals surface area contributed by atoms with E-state index in [1.54, 1.807) is 92.0 Å². The molecule has 0 spiro atoms. The van der Waals surface area contributed by atoms with Gasteiger partial charge < -0.3 is 25.8 Å². The molecular formula is C32H27N3O6S. The smallest absolute Gasteiger partial charge is 0.335 e. The number of thioether (sulfide) groups is 1. The SMILES string of the molecule is COc1ccc(/C=C(/NC(=O)c2ccccc2)C(=O)Nc2cccc(SCC(=O)Nc3ccc(C(=O)O)cc3)c2)cc1. The molecule has 0 heterocycles. The predicted molar refractivity (Wildman–Crippen MR) is 163 cm³/mol. The third-order valence-corrected chi connectivity index (χ3v) is 6.83. The Morgan fingerprint density at radius 3 is 2.17 bits per heavy atom. The summed E-state index contributed by atoms with van der Waals surface area (Å²) in [6.07, 6.45) is 1.57. The maximum absolute atomic E-state index is 13.3. The van der Waals surface area contributed by atoms with E-state index in [4.69, 9.17) is 9.84 Å². The molecule has 0 saturated heterocycles. The summed E-state index contributed by atoms with van der Waals surface area (Å²) >= 11 is 1.27. The average Bonchev–Trinajstić information content (AvgIpc) is 3.01. The third kappa shape index (κ3) is 8.57. The van der Waals surface area contributed by atoms with Crippen molar-refractivity contribution in [1.82, 2.24) is 5.32 Å². The van der Waals surface area contributed by atoms with E-state index < -0.39 is 17.8 Å². The van der Waals surface area contributed by atoms with Crippen molar-refractivity contribution >= 4 is 52.9 Å². The molecule has 0 atom stereocenters. The largest absolute Gasteiger partial charge is 0.497 e. The van der Waals surface area contributed by atoms with E-state index in [0.717, 1.165) is 4.90 Å². The monoisotopic (exact) mass is 581 g/mol. The van der Waals surface area contributed by atoms with E-state index in [1.165, 1.54) is 36.0 Å². The van der Waals surface area contributed by atoms with Gasteiger partial charge in [-0.1, -0.05) is 36.4 Å². The molecule has 3 amide bonds. The van der Waals surface area contributed by atoms with Gasteiger partial charge in [-0.15, -0.1) is 11.8 Å². The van der Waals surface area contributed by atoms with E-state index in [-0.39, 0.29) is 22.9 Å². The van der Waals surface area contributed by atoms with Gasteiger partial charge in [0, 0.05) is 21.8 Å². The van der Waals surface area contributed by atoms with Crippen molar-refractivity contribution in [1.29, 1.82) is 0 Å². The van der Waals surface area contributed by atoms with Crippen LogP contribution in [0.15, 0.2) is 114 Å². The number of benzene rings is 4. The minimum absolute atomic E-state index is 0.0420. The Hall–Kier alpha value is -5.35. The number of nitrogens with one attached hydrogen (secondary N) is 3. The molecule has 0 unspecified atom stereocenters. The van der Waals surface area contributed by atoms with E-state index in [2.05, 4.69) is 16.0 Å². The van der Waals surface area contributed by atoms with Crippen LogP contribution >= 0.6 is 11.8 Å². The van der Waals surface area contributed by atoms with Crippen molar-refractivity contribution in [2.45, 2.75) is 4.90 Å². The Morgan fingerprint density at radius 1 is 0.786 bits per heavy atom. The van der Waals surface area contributed by atoms with Crippen molar-refractivity contribution in [3.63, 3.8) is 0 Å². The number of carboxylic acid groups (broad SMARTS) is 1. The lowest BCUT2D eigenvalue weighted by Crippen LogP contribution is -2.30. The van der Waals surface area contributed by atoms with Crippen molar-refractivity contribution in [2.24, 2.45) is 0 Å². The number of hydrogen-bond donors (Lipinski definition) is 4. The molecule has 212 valence electrons. The summed E-state index contributed by atoms with van der Waals surface area (Å²) in [6.45, 7) is 0. The number of carbonyl (C=O) groups is 4. The van der Waals surface area contributed by atoms with Crippen LogP contribution in [0.3, 0.4) is 0 Å². The molecule has 42 heavy (non-hydrogen) atoms. The highest BCUT2D eigenvalue weighted by molar-refractivity contribution is 8.00. The summed E-state index contributed by atoms with van der Waals surface area (Å²) in [5, 5.41) is 17.2. The summed E-state index contributed by atoms with van der Waals surface area (Å²) < 4.78 is 5.19. The minimum atomic E-state index is -1.04. The van der Waals surface area contributed by atoms with Crippen molar-refractivity contribution in [3.05, 3.63) is 126 Å². The Balaban J connectivity index is 1.43. The summed E-state index contributed by atoms with van der Waals surface area (Å²) in [5.74, 6) is -1.53. The molecule has 4 aromatic rings. The second kappa shape index (κ2) is 14.3. The Bertz CT molecular complexity index is 1600. The number of amides is 3.